The van der Waals surface area contributed by atoms with Crippen molar-refractivity contribution in [1.82, 2.24) is 4.72 Å². The molecule has 0 amide bonds. The summed E-state index contributed by atoms with van der Waals surface area (Å²) in [6.07, 6.45) is 3.18. The highest BCUT2D eigenvalue weighted by Crippen LogP contribution is 2.06. The van der Waals surface area contributed by atoms with Crippen molar-refractivity contribution in [3.8, 4) is 0 Å². The van der Waals surface area contributed by atoms with Crippen molar-refractivity contribution in [2.24, 2.45) is 4.99 Å². The first-order chi connectivity index (χ1) is 6.70. The zero-order valence-electron chi connectivity index (χ0n) is 8.67. The molecule has 0 unspecified atom stereocenters. The van der Waals surface area contributed by atoms with E-state index in [-0.39, 0.29) is 0 Å². The molecule has 0 saturated carbocycles. The van der Waals surface area contributed by atoms with Crippen LogP contribution in [-0.4, -0.2) is 23.3 Å². The van der Waals surface area contributed by atoms with Gasteiger partial charge < -0.3 is 4.72 Å². The predicted molar refractivity (Wildman–Crippen MR) is 69.4 cm³/mol. The summed E-state index contributed by atoms with van der Waals surface area (Å²) in [6, 6.07) is 0. The van der Waals surface area contributed by atoms with Crippen LogP contribution in [0.4, 0.5) is 0 Å². The largest absolute Gasteiger partial charge is 0.310 e. The molecule has 3 nitrogen and oxygen atoms in total. The van der Waals surface area contributed by atoms with Crippen LogP contribution in [0.2, 0.25) is 0 Å². The highest BCUT2D eigenvalue weighted by molar-refractivity contribution is 8.12. The first-order valence-electron chi connectivity index (χ1n) is 4.43. The molecule has 0 aliphatic rings. The average Bonchev–Trinajstić information content (AvgIpc) is 2.16. The van der Waals surface area contributed by atoms with E-state index in [4.69, 9.17) is 5.41 Å². The smallest absolute Gasteiger partial charge is 0.132 e. The van der Waals surface area contributed by atoms with Gasteiger partial charge in [-0.2, -0.15) is 11.8 Å². The Morgan fingerprint density at radius 2 is 2.36 bits per heavy atom. The molecule has 0 aromatic heterocycles. The standard InChI is InChI=1S/C9H17N3S2/c1-4-6-13-7-5-9(11-3)12-14-8(2)10/h5,10,12H,3-4,6-7H2,1-2H3/b9-5+,10-8?. The molecule has 5 heteroatoms. The lowest BCUT2D eigenvalue weighted by Crippen LogP contribution is -2.04. The molecule has 0 aromatic rings. The van der Waals surface area contributed by atoms with E-state index in [1.54, 1.807) is 6.92 Å². The molecule has 0 saturated heterocycles. The van der Waals surface area contributed by atoms with Gasteiger partial charge in [0.25, 0.3) is 0 Å². The highest BCUT2D eigenvalue weighted by atomic mass is 32.2. The van der Waals surface area contributed by atoms with E-state index in [0.717, 1.165) is 17.3 Å². The summed E-state index contributed by atoms with van der Waals surface area (Å²) >= 11 is 3.11. The second-order valence-corrected chi connectivity index (χ2v) is 4.75. The third-order valence-corrected chi connectivity index (χ3v) is 2.94. The topological polar surface area (TPSA) is 48.2 Å². The Bertz CT molecular complexity index is 214. The van der Waals surface area contributed by atoms with Gasteiger partial charge in [-0.15, -0.1) is 0 Å². The van der Waals surface area contributed by atoms with Crippen molar-refractivity contribution < 1.29 is 0 Å². The van der Waals surface area contributed by atoms with Gasteiger partial charge in [-0.3, -0.25) is 5.41 Å². The van der Waals surface area contributed by atoms with Crippen molar-refractivity contribution >= 4 is 35.5 Å². The number of aliphatic imine (C=N–C) groups is 1. The summed E-state index contributed by atoms with van der Waals surface area (Å²) in [5.74, 6) is 2.84. The van der Waals surface area contributed by atoms with Gasteiger partial charge in [-0.05, 0) is 31.9 Å². The summed E-state index contributed by atoms with van der Waals surface area (Å²) in [6.45, 7) is 7.35. The minimum atomic E-state index is 0.515. The number of thioether (sulfide) groups is 1. The summed E-state index contributed by atoms with van der Waals surface area (Å²) in [7, 11) is 0. The van der Waals surface area contributed by atoms with Crippen LogP contribution in [0.5, 0.6) is 0 Å². The van der Waals surface area contributed by atoms with Crippen LogP contribution in [0.1, 0.15) is 20.3 Å². The molecule has 0 aliphatic heterocycles. The molecular formula is C9H17N3S2. The molecule has 0 heterocycles. The Morgan fingerprint density at radius 1 is 1.64 bits per heavy atom. The third-order valence-electron chi connectivity index (χ3n) is 1.22. The van der Waals surface area contributed by atoms with Crippen LogP contribution < -0.4 is 4.72 Å². The maximum Gasteiger partial charge on any atom is 0.132 e. The van der Waals surface area contributed by atoms with Gasteiger partial charge in [-0.1, -0.05) is 6.92 Å². The first-order valence-corrected chi connectivity index (χ1v) is 6.40. The Hall–Kier alpha value is -0.420. The molecule has 0 rings (SSSR count). The Labute approximate surface area is 94.5 Å². The van der Waals surface area contributed by atoms with E-state index in [9.17, 15) is 0 Å². The Kier molecular flexibility index (Phi) is 8.87. The summed E-state index contributed by atoms with van der Waals surface area (Å²) < 4.78 is 2.96. The zero-order valence-corrected chi connectivity index (χ0v) is 10.3. The number of nitrogens with one attached hydrogen (secondary N) is 2. The molecule has 0 aromatic carbocycles. The van der Waals surface area contributed by atoms with Crippen LogP contribution in [0.3, 0.4) is 0 Å². The Morgan fingerprint density at radius 3 is 2.86 bits per heavy atom. The van der Waals surface area contributed by atoms with E-state index in [2.05, 4.69) is 23.4 Å². The van der Waals surface area contributed by atoms with Crippen LogP contribution in [0.25, 0.3) is 0 Å². The second kappa shape index (κ2) is 9.15. The molecule has 0 aliphatic carbocycles. The van der Waals surface area contributed by atoms with E-state index < -0.39 is 0 Å². The van der Waals surface area contributed by atoms with E-state index in [1.807, 2.05) is 17.8 Å². The summed E-state index contributed by atoms with van der Waals surface area (Å²) in [4.78, 5) is 3.83. The van der Waals surface area contributed by atoms with Crippen LogP contribution >= 0.6 is 23.7 Å². The maximum atomic E-state index is 7.21. The lowest BCUT2D eigenvalue weighted by atomic mass is 10.6. The fourth-order valence-corrected chi connectivity index (χ4v) is 1.77. The van der Waals surface area contributed by atoms with E-state index in [1.165, 1.54) is 18.4 Å². The summed E-state index contributed by atoms with van der Waals surface area (Å²) in [5.41, 5.74) is 0. The van der Waals surface area contributed by atoms with Gasteiger partial charge in [0, 0.05) is 17.7 Å². The Balaban J connectivity index is 3.75. The second-order valence-electron chi connectivity index (χ2n) is 2.58. The minimum Gasteiger partial charge on any atom is -0.310 e. The molecule has 0 atom stereocenters. The monoisotopic (exact) mass is 231 g/mol. The lowest BCUT2D eigenvalue weighted by molar-refractivity contribution is 1.10. The van der Waals surface area contributed by atoms with Crippen molar-refractivity contribution in [1.29, 1.82) is 5.41 Å². The van der Waals surface area contributed by atoms with Gasteiger partial charge >= 0.3 is 0 Å². The number of hydrogen-bond acceptors (Lipinski definition) is 5. The quantitative estimate of drug-likeness (QED) is 0.306. The van der Waals surface area contributed by atoms with Crippen LogP contribution in [0.15, 0.2) is 16.9 Å². The molecular weight excluding hydrogens is 214 g/mol. The molecule has 80 valence electrons. The van der Waals surface area contributed by atoms with Gasteiger partial charge in [0.1, 0.15) is 5.82 Å². The summed E-state index contributed by atoms with van der Waals surface area (Å²) in [5, 5.41) is 7.73. The van der Waals surface area contributed by atoms with Crippen LogP contribution in [-0.2, 0) is 0 Å². The molecule has 2 N–H and O–H groups in total. The van der Waals surface area contributed by atoms with Crippen molar-refractivity contribution in [3.05, 3.63) is 11.9 Å². The fourth-order valence-electron chi connectivity index (χ4n) is 0.633. The SMILES string of the molecule is C=N/C(=C\CSCCC)NSC(C)=N. The molecule has 0 bridgehead atoms. The zero-order chi connectivity index (χ0) is 10.8. The number of hydrogen-bond donors (Lipinski definition) is 2. The third kappa shape index (κ3) is 8.19. The van der Waals surface area contributed by atoms with Gasteiger partial charge in [-0.25, -0.2) is 4.99 Å². The molecule has 0 radical (unpaired) electrons. The number of rotatable bonds is 7. The van der Waals surface area contributed by atoms with Crippen molar-refractivity contribution in [3.63, 3.8) is 0 Å². The van der Waals surface area contributed by atoms with Gasteiger partial charge in [0.2, 0.25) is 0 Å². The maximum absolute atomic E-state index is 7.21. The molecule has 0 fully saturated rings. The normalized spacial score (nSPS) is 11.1. The van der Waals surface area contributed by atoms with Gasteiger partial charge in [0.15, 0.2) is 0 Å². The number of nitrogens with zero attached hydrogens (tertiary/aromatic N) is 1. The highest BCUT2D eigenvalue weighted by Gasteiger charge is 1.93. The molecule has 14 heavy (non-hydrogen) atoms. The lowest BCUT2D eigenvalue weighted by Gasteiger charge is -2.03. The average molecular weight is 231 g/mol. The van der Waals surface area contributed by atoms with Crippen molar-refractivity contribution in [2.45, 2.75) is 20.3 Å². The van der Waals surface area contributed by atoms with Crippen LogP contribution in [0, 0.1) is 5.41 Å². The van der Waals surface area contributed by atoms with E-state index >= 15 is 0 Å². The van der Waals surface area contributed by atoms with E-state index in [0.29, 0.717) is 5.04 Å². The fraction of sp³-hybridized carbons (Fsp3) is 0.556. The minimum absolute atomic E-state index is 0.515. The van der Waals surface area contributed by atoms with Gasteiger partial charge in [0.05, 0.1) is 5.04 Å². The first kappa shape index (κ1) is 13.6. The molecule has 0 spiro atoms. The predicted octanol–water partition coefficient (Wildman–Crippen LogP) is 2.91. The van der Waals surface area contributed by atoms with Crippen molar-refractivity contribution in [2.75, 3.05) is 11.5 Å².